The van der Waals surface area contributed by atoms with E-state index < -0.39 is 6.29 Å². The molecule has 5 heterocycles. The summed E-state index contributed by atoms with van der Waals surface area (Å²) >= 11 is 0. The number of H-pyrrole nitrogens is 2. The molecule has 0 amide bonds. The van der Waals surface area contributed by atoms with E-state index >= 15 is 0 Å². The molecule has 2 N–H and O–H groups in total. The molecule has 6 heteroatoms. The fraction of sp³-hybridized carbons (Fsp3) is 0.309. The topological polar surface area (TPSA) is 75.8 Å². The molecule has 3 aromatic heterocycles. The Bertz CT molecular complexity index is 2830. The number of aryl methyl sites for hydroxylation is 4. The molecule has 0 aliphatic carbocycles. The third kappa shape index (κ3) is 8.92. The summed E-state index contributed by atoms with van der Waals surface area (Å²) in [4.78, 5) is 18.6. The lowest BCUT2D eigenvalue weighted by Crippen LogP contribution is -2.03. The van der Waals surface area contributed by atoms with Gasteiger partial charge in [0, 0.05) is 58.5 Å². The maximum absolute atomic E-state index is 5.45. The zero-order chi connectivity index (χ0) is 43.2. The molecule has 5 aromatic rings. The molecule has 6 nitrogen and oxygen atoms in total. The van der Waals surface area contributed by atoms with E-state index in [1.807, 2.05) is 30.3 Å². The minimum Gasteiger partial charge on any atom is -0.355 e. The molecule has 0 fully saturated rings. The Balaban J connectivity index is 1.42. The van der Waals surface area contributed by atoms with Gasteiger partial charge in [-0.2, -0.15) is 0 Å². The maximum atomic E-state index is 5.45. The molecular formula is C55H56N4O2. The maximum Gasteiger partial charge on any atom is 0.183 e. The standard InChI is InChI=1S/C55H56N4O2/c1-11-13-27-44-38(7)48-31-46-34(3)36(5)53(58-46)52(42-25-19-23-40(29-42)21-17-15-16-18-22-41-24-20-26-43(30-41)55(60-9)61-10)54-37(6)35(4)47(59-54)32-49-39(8)45(28-14-12-2)51(57-49)33-50(44)56-48/h19-20,23-26,29-33,55-57H,11-14,27-28H2,1-10H3. The van der Waals surface area contributed by atoms with Gasteiger partial charge in [-0.3, -0.25) is 0 Å². The second-order valence-corrected chi connectivity index (χ2v) is 16.1. The fourth-order valence-electron chi connectivity index (χ4n) is 8.28. The van der Waals surface area contributed by atoms with Gasteiger partial charge in [0.05, 0.1) is 22.8 Å². The zero-order valence-corrected chi connectivity index (χ0v) is 37.4. The lowest BCUT2D eigenvalue weighted by atomic mass is 9.94. The van der Waals surface area contributed by atoms with E-state index in [1.54, 1.807) is 14.2 Å². The average Bonchev–Trinajstić information content (AvgIpc) is 3.91. The number of unbranched alkanes of at least 4 members (excludes halogenated alkanes) is 2. The normalized spacial score (nSPS) is 12.2. The van der Waals surface area contributed by atoms with E-state index in [0.29, 0.717) is 0 Å². The van der Waals surface area contributed by atoms with Gasteiger partial charge < -0.3 is 19.4 Å². The van der Waals surface area contributed by atoms with Crippen molar-refractivity contribution < 1.29 is 9.47 Å². The molecule has 0 radical (unpaired) electrons. The van der Waals surface area contributed by atoms with Gasteiger partial charge in [-0.1, -0.05) is 62.8 Å². The van der Waals surface area contributed by atoms with Gasteiger partial charge in [-0.25, -0.2) is 9.97 Å². The summed E-state index contributed by atoms with van der Waals surface area (Å²) < 4.78 is 10.8. The van der Waals surface area contributed by atoms with Crippen molar-refractivity contribution in [2.45, 2.75) is 100 Å². The fourth-order valence-corrected chi connectivity index (χ4v) is 8.28. The highest BCUT2D eigenvalue weighted by atomic mass is 16.7. The van der Waals surface area contributed by atoms with E-state index in [9.17, 15) is 0 Å². The van der Waals surface area contributed by atoms with Gasteiger partial charge >= 0.3 is 0 Å². The summed E-state index contributed by atoms with van der Waals surface area (Å²) in [6.07, 6.45) is 6.14. The van der Waals surface area contributed by atoms with Crippen molar-refractivity contribution in [3.8, 4) is 46.6 Å². The molecule has 61 heavy (non-hydrogen) atoms. The second-order valence-electron chi connectivity index (χ2n) is 16.1. The van der Waals surface area contributed by atoms with Crippen LogP contribution in [0.25, 0.3) is 55.5 Å². The van der Waals surface area contributed by atoms with Crippen molar-refractivity contribution in [2.75, 3.05) is 14.2 Å². The summed E-state index contributed by atoms with van der Waals surface area (Å²) in [5.74, 6) is 18.1. The van der Waals surface area contributed by atoms with E-state index in [-0.39, 0.29) is 0 Å². The number of ether oxygens (including phenoxy) is 2. The zero-order valence-electron chi connectivity index (χ0n) is 37.4. The number of aromatic amines is 2. The molecule has 0 atom stereocenters. The first-order chi connectivity index (χ1) is 29.6. The van der Waals surface area contributed by atoms with E-state index in [1.165, 1.54) is 33.3 Å². The molecule has 8 bridgehead atoms. The van der Waals surface area contributed by atoms with Gasteiger partial charge in [-0.05, 0) is 183 Å². The smallest absolute Gasteiger partial charge is 0.183 e. The molecule has 0 unspecified atom stereocenters. The largest absolute Gasteiger partial charge is 0.355 e. The van der Waals surface area contributed by atoms with Crippen LogP contribution >= 0.6 is 0 Å². The summed E-state index contributed by atoms with van der Waals surface area (Å²) in [7, 11) is 3.23. The van der Waals surface area contributed by atoms with Crippen molar-refractivity contribution in [3.63, 3.8) is 0 Å². The Kier molecular flexibility index (Phi) is 13.3. The Labute approximate surface area is 362 Å². The van der Waals surface area contributed by atoms with Crippen molar-refractivity contribution in [1.29, 1.82) is 0 Å². The molecule has 0 spiro atoms. The number of benzene rings is 2. The van der Waals surface area contributed by atoms with Crippen LogP contribution in [0.5, 0.6) is 0 Å². The Hall–Kier alpha value is -6.36. The number of allylic oxidation sites excluding steroid dienone is 4. The molecule has 2 aromatic carbocycles. The number of rotatable bonds is 10. The minimum atomic E-state index is -0.446. The van der Waals surface area contributed by atoms with Gasteiger partial charge in [-0.15, -0.1) is 0 Å². The SMILES string of the molecule is CCCCc1c(C)c2cc3nc(c(-c4cccc(C#CC#CC#Cc5cccc(C(OC)OC)c5)c4)c4nc(cc5[nH]c(cc1[nH]2)c(CCCC)c5C)C(C)=C4C)C(C)=C3C. The van der Waals surface area contributed by atoms with Crippen molar-refractivity contribution in [3.05, 3.63) is 128 Å². The van der Waals surface area contributed by atoms with Gasteiger partial charge in [0.1, 0.15) is 0 Å². The Morgan fingerprint density at radius 2 is 1.05 bits per heavy atom. The van der Waals surface area contributed by atoms with Crippen LogP contribution in [0.2, 0.25) is 0 Å². The molecule has 308 valence electrons. The van der Waals surface area contributed by atoms with Crippen molar-refractivity contribution >= 4 is 44.4 Å². The van der Waals surface area contributed by atoms with Crippen molar-refractivity contribution in [2.24, 2.45) is 0 Å². The number of fused-ring (bicyclic) bond motifs is 8. The van der Waals surface area contributed by atoms with Crippen LogP contribution in [0.15, 0.2) is 66.7 Å². The minimum absolute atomic E-state index is 0.446. The lowest BCUT2D eigenvalue weighted by molar-refractivity contribution is -0.106. The summed E-state index contributed by atoms with van der Waals surface area (Å²) in [5.41, 5.74) is 22.8. The molecular weight excluding hydrogens is 749 g/mol. The first-order valence-electron chi connectivity index (χ1n) is 21.5. The highest BCUT2D eigenvalue weighted by Crippen LogP contribution is 2.42. The van der Waals surface area contributed by atoms with Gasteiger partial charge in [0.15, 0.2) is 6.29 Å². The van der Waals surface area contributed by atoms with Crippen molar-refractivity contribution in [1.82, 2.24) is 19.9 Å². The molecule has 2 aliphatic rings. The van der Waals surface area contributed by atoms with E-state index in [2.05, 4.69) is 137 Å². The number of aromatic nitrogens is 4. The van der Waals surface area contributed by atoms with Crippen LogP contribution < -0.4 is 0 Å². The Morgan fingerprint density at radius 1 is 0.557 bits per heavy atom. The predicted molar refractivity (Wildman–Crippen MR) is 254 cm³/mol. The number of hydrogen-bond acceptors (Lipinski definition) is 4. The molecule has 7 rings (SSSR count). The first kappa shape index (κ1) is 42.8. The molecule has 0 saturated carbocycles. The monoisotopic (exact) mass is 804 g/mol. The van der Waals surface area contributed by atoms with Crippen LogP contribution in [0, 0.1) is 49.4 Å². The predicted octanol–water partition coefficient (Wildman–Crippen LogP) is 12.9. The number of methoxy groups -OCH3 is 2. The summed E-state index contributed by atoms with van der Waals surface area (Å²) in [6.45, 7) is 17.8. The lowest BCUT2D eigenvalue weighted by Gasteiger charge is -2.13. The van der Waals surface area contributed by atoms with Crippen LogP contribution in [-0.2, 0) is 22.3 Å². The Morgan fingerprint density at radius 3 is 1.54 bits per heavy atom. The van der Waals surface area contributed by atoms with Gasteiger partial charge in [0.2, 0.25) is 0 Å². The summed E-state index contributed by atoms with van der Waals surface area (Å²) in [6, 6.07) is 22.9. The van der Waals surface area contributed by atoms with Gasteiger partial charge in [0.25, 0.3) is 0 Å². The van der Waals surface area contributed by atoms with Crippen LogP contribution in [0.3, 0.4) is 0 Å². The summed E-state index contributed by atoms with van der Waals surface area (Å²) in [5, 5.41) is 0. The highest BCUT2D eigenvalue weighted by Gasteiger charge is 2.25. The molecule has 0 saturated heterocycles. The second kappa shape index (κ2) is 18.9. The molecule has 2 aliphatic heterocycles. The average molecular weight is 805 g/mol. The number of hydrogen-bond donors (Lipinski definition) is 2. The van der Waals surface area contributed by atoms with E-state index in [0.717, 1.165) is 122 Å². The van der Waals surface area contributed by atoms with E-state index in [4.69, 9.17) is 19.4 Å². The third-order valence-corrected chi connectivity index (χ3v) is 12.2. The third-order valence-electron chi connectivity index (χ3n) is 12.2. The quantitative estimate of drug-likeness (QED) is 0.109. The van der Waals surface area contributed by atoms with Crippen LogP contribution in [-0.4, -0.2) is 34.2 Å². The number of nitrogens with zero attached hydrogens (tertiary/aromatic N) is 2. The van der Waals surface area contributed by atoms with Crippen LogP contribution in [0.4, 0.5) is 0 Å². The first-order valence-corrected chi connectivity index (χ1v) is 21.5. The highest BCUT2D eigenvalue weighted by molar-refractivity contribution is 6.01. The number of nitrogens with one attached hydrogen (secondary N) is 2. The van der Waals surface area contributed by atoms with Crippen LogP contribution in [0.1, 0.15) is 135 Å².